The zero-order valence-electron chi connectivity index (χ0n) is 13.9. The lowest BCUT2D eigenvalue weighted by molar-refractivity contribution is -0.128. The number of halogens is 1. The second-order valence-electron chi connectivity index (χ2n) is 5.58. The Morgan fingerprint density at radius 1 is 1.12 bits per heavy atom. The molecule has 6 nitrogen and oxygen atoms in total. The highest BCUT2D eigenvalue weighted by Crippen LogP contribution is 2.25. The number of hydrogen-bond donors (Lipinski definition) is 2. The third kappa shape index (κ3) is 4.54. The molecule has 8 heteroatoms. The van der Waals surface area contributed by atoms with E-state index in [0.29, 0.717) is 22.9 Å². The van der Waals surface area contributed by atoms with Gasteiger partial charge in [-0.3, -0.25) is 20.4 Å². The Kier molecular flexibility index (Phi) is 5.43. The average molecular weight is 373 g/mol. The van der Waals surface area contributed by atoms with Crippen molar-refractivity contribution in [3.63, 3.8) is 0 Å². The Bertz CT molecular complexity index is 904. The molecule has 2 aromatic heterocycles. The summed E-state index contributed by atoms with van der Waals surface area (Å²) in [5.41, 5.74) is 5.83. The van der Waals surface area contributed by atoms with Crippen molar-refractivity contribution >= 4 is 23.2 Å². The van der Waals surface area contributed by atoms with Crippen molar-refractivity contribution in [2.45, 2.75) is 19.8 Å². The van der Waals surface area contributed by atoms with Gasteiger partial charge in [-0.1, -0.05) is 18.2 Å². The molecule has 2 amide bonds. The van der Waals surface area contributed by atoms with Gasteiger partial charge in [-0.15, -0.1) is 11.3 Å². The Balaban J connectivity index is 1.51. The maximum absolute atomic E-state index is 12.8. The van der Waals surface area contributed by atoms with Gasteiger partial charge >= 0.3 is 0 Å². The van der Waals surface area contributed by atoms with Gasteiger partial charge in [0.05, 0.1) is 23.4 Å². The number of aromatic nitrogens is 1. The predicted molar refractivity (Wildman–Crippen MR) is 94.6 cm³/mol. The third-order valence-electron chi connectivity index (χ3n) is 3.57. The van der Waals surface area contributed by atoms with Crippen molar-refractivity contribution in [1.82, 2.24) is 15.8 Å². The average Bonchev–Trinajstić information content (AvgIpc) is 3.26. The molecule has 26 heavy (non-hydrogen) atoms. The standard InChI is InChI=1S/C18H16FN3O3S/c1-11-14(20-18(25-11)15-3-2-8-26-15)10-17(24)22-21-16(23)9-12-4-6-13(19)7-5-12/h2-8H,9-10H2,1H3,(H,21,23)(H,22,24). The summed E-state index contributed by atoms with van der Waals surface area (Å²) in [6.07, 6.45) is 0.0175. The molecule has 0 atom stereocenters. The van der Waals surface area contributed by atoms with E-state index in [1.807, 2.05) is 17.5 Å². The molecule has 0 fully saturated rings. The molecule has 1 aromatic carbocycles. The van der Waals surface area contributed by atoms with Crippen LogP contribution in [-0.2, 0) is 22.4 Å². The summed E-state index contributed by atoms with van der Waals surface area (Å²) in [7, 11) is 0. The van der Waals surface area contributed by atoms with Crippen LogP contribution in [0.15, 0.2) is 46.2 Å². The quantitative estimate of drug-likeness (QED) is 0.674. The smallest absolute Gasteiger partial charge is 0.244 e. The van der Waals surface area contributed by atoms with Crippen LogP contribution in [0, 0.1) is 12.7 Å². The van der Waals surface area contributed by atoms with Crippen molar-refractivity contribution < 1.29 is 18.4 Å². The summed E-state index contributed by atoms with van der Waals surface area (Å²) in [6, 6.07) is 9.36. The first-order valence-corrected chi connectivity index (χ1v) is 8.71. The van der Waals surface area contributed by atoms with Gasteiger partial charge in [0.25, 0.3) is 0 Å². The molecule has 2 N–H and O–H groups in total. The first-order chi connectivity index (χ1) is 12.5. The van der Waals surface area contributed by atoms with E-state index >= 15 is 0 Å². The Hall–Kier alpha value is -3.00. The minimum atomic E-state index is -0.411. The molecule has 0 aliphatic carbocycles. The predicted octanol–water partition coefficient (Wildman–Crippen LogP) is 2.78. The molecule has 134 valence electrons. The molecule has 0 spiro atoms. The number of rotatable bonds is 5. The highest BCUT2D eigenvalue weighted by atomic mass is 32.1. The molecule has 0 radical (unpaired) electrons. The lowest BCUT2D eigenvalue weighted by atomic mass is 10.1. The van der Waals surface area contributed by atoms with Crippen LogP contribution >= 0.6 is 11.3 Å². The highest BCUT2D eigenvalue weighted by Gasteiger charge is 2.15. The lowest BCUT2D eigenvalue weighted by Gasteiger charge is -2.07. The summed E-state index contributed by atoms with van der Waals surface area (Å²) in [5.74, 6) is -0.151. The first kappa shape index (κ1) is 17.8. The number of nitrogens with one attached hydrogen (secondary N) is 2. The van der Waals surface area contributed by atoms with Gasteiger partial charge in [0.2, 0.25) is 17.7 Å². The molecule has 2 heterocycles. The Labute approximate surface area is 153 Å². The summed E-state index contributed by atoms with van der Waals surface area (Å²) in [6.45, 7) is 1.74. The number of carbonyl (C=O) groups is 2. The number of aryl methyl sites for hydroxylation is 1. The van der Waals surface area contributed by atoms with Gasteiger partial charge in [-0.2, -0.15) is 0 Å². The molecular weight excluding hydrogens is 357 g/mol. The topological polar surface area (TPSA) is 84.2 Å². The van der Waals surface area contributed by atoms with Crippen LogP contribution in [0.2, 0.25) is 0 Å². The number of carbonyl (C=O) groups excluding carboxylic acids is 2. The van der Waals surface area contributed by atoms with Crippen molar-refractivity contribution in [3.8, 4) is 10.8 Å². The Morgan fingerprint density at radius 2 is 1.81 bits per heavy atom. The largest absolute Gasteiger partial charge is 0.440 e. The van der Waals surface area contributed by atoms with Crippen molar-refractivity contribution in [2.24, 2.45) is 0 Å². The fraction of sp³-hybridized carbons (Fsp3) is 0.167. The third-order valence-corrected chi connectivity index (χ3v) is 4.43. The van der Waals surface area contributed by atoms with Gasteiger partial charge in [-0.25, -0.2) is 9.37 Å². The van der Waals surface area contributed by atoms with Gasteiger partial charge in [0.15, 0.2) is 0 Å². The van der Waals surface area contributed by atoms with E-state index in [9.17, 15) is 14.0 Å². The molecule has 3 rings (SSSR count). The SMILES string of the molecule is Cc1oc(-c2cccs2)nc1CC(=O)NNC(=O)Cc1ccc(F)cc1. The molecule has 0 saturated heterocycles. The molecule has 0 unspecified atom stereocenters. The number of benzene rings is 1. The van der Waals surface area contributed by atoms with Gasteiger partial charge in [-0.05, 0) is 36.1 Å². The van der Waals surface area contributed by atoms with Crippen LogP contribution in [0.1, 0.15) is 17.0 Å². The lowest BCUT2D eigenvalue weighted by Crippen LogP contribution is -2.43. The number of oxazole rings is 1. The number of nitrogens with zero attached hydrogens (tertiary/aromatic N) is 1. The summed E-state index contributed by atoms with van der Waals surface area (Å²) in [4.78, 5) is 29.0. The van der Waals surface area contributed by atoms with Gasteiger partial charge in [0, 0.05) is 0 Å². The van der Waals surface area contributed by atoms with E-state index < -0.39 is 11.8 Å². The van der Waals surface area contributed by atoms with Gasteiger partial charge in [0.1, 0.15) is 11.6 Å². The van der Waals surface area contributed by atoms with Crippen LogP contribution in [0.3, 0.4) is 0 Å². The van der Waals surface area contributed by atoms with E-state index in [1.54, 1.807) is 6.92 Å². The molecular formula is C18H16FN3O3S. The number of thiophene rings is 1. The number of hydrazine groups is 1. The summed E-state index contributed by atoms with van der Waals surface area (Å²) in [5, 5.41) is 1.91. The minimum absolute atomic E-state index is 0.0163. The molecule has 0 aliphatic rings. The van der Waals surface area contributed by atoms with Crippen LogP contribution in [0.4, 0.5) is 4.39 Å². The van der Waals surface area contributed by atoms with Crippen LogP contribution in [-0.4, -0.2) is 16.8 Å². The van der Waals surface area contributed by atoms with E-state index in [4.69, 9.17) is 4.42 Å². The minimum Gasteiger partial charge on any atom is -0.440 e. The monoisotopic (exact) mass is 373 g/mol. The van der Waals surface area contributed by atoms with Crippen LogP contribution in [0.25, 0.3) is 10.8 Å². The second kappa shape index (κ2) is 7.92. The number of amides is 2. The summed E-state index contributed by atoms with van der Waals surface area (Å²) < 4.78 is 18.4. The first-order valence-electron chi connectivity index (χ1n) is 7.83. The fourth-order valence-electron chi connectivity index (χ4n) is 2.27. The Morgan fingerprint density at radius 3 is 2.46 bits per heavy atom. The van der Waals surface area contributed by atoms with Gasteiger partial charge < -0.3 is 4.42 Å². The van der Waals surface area contributed by atoms with E-state index in [-0.39, 0.29) is 18.7 Å². The molecule has 0 aliphatic heterocycles. The van der Waals surface area contributed by atoms with E-state index in [1.165, 1.54) is 35.6 Å². The van der Waals surface area contributed by atoms with Crippen molar-refractivity contribution in [3.05, 3.63) is 64.6 Å². The number of hydrogen-bond acceptors (Lipinski definition) is 5. The van der Waals surface area contributed by atoms with E-state index in [0.717, 1.165) is 4.88 Å². The second-order valence-corrected chi connectivity index (χ2v) is 6.52. The summed E-state index contributed by atoms with van der Waals surface area (Å²) >= 11 is 1.50. The zero-order valence-corrected chi connectivity index (χ0v) is 14.7. The maximum Gasteiger partial charge on any atom is 0.244 e. The molecule has 0 bridgehead atoms. The zero-order chi connectivity index (χ0) is 18.5. The molecule has 3 aromatic rings. The van der Waals surface area contributed by atoms with Crippen molar-refractivity contribution in [1.29, 1.82) is 0 Å². The van der Waals surface area contributed by atoms with Crippen LogP contribution < -0.4 is 10.9 Å². The normalized spacial score (nSPS) is 10.5. The highest BCUT2D eigenvalue weighted by molar-refractivity contribution is 7.13. The maximum atomic E-state index is 12.8. The van der Waals surface area contributed by atoms with Crippen LogP contribution in [0.5, 0.6) is 0 Å². The van der Waals surface area contributed by atoms with E-state index in [2.05, 4.69) is 15.8 Å². The fourth-order valence-corrected chi connectivity index (χ4v) is 2.91. The molecule has 0 saturated carbocycles. The van der Waals surface area contributed by atoms with Crippen molar-refractivity contribution in [2.75, 3.05) is 0 Å².